The van der Waals surface area contributed by atoms with Gasteiger partial charge in [-0.15, -0.1) is 0 Å². The Morgan fingerprint density at radius 2 is 2.00 bits per heavy atom. The number of aliphatic hydroxyl groups is 1. The van der Waals surface area contributed by atoms with Crippen molar-refractivity contribution in [3.8, 4) is 0 Å². The predicted octanol–water partition coefficient (Wildman–Crippen LogP) is 2.34. The second-order valence-corrected chi connectivity index (χ2v) is 7.83. The van der Waals surface area contributed by atoms with E-state index in [-0.39, 0.29) is 12.4 Å². The van der Waals surface area contributed by atoms with E-state index < -0.39 is 30.1 Å². The van der Waals surface area contributed by atoms with Gasteiger partial charge >= 0.3 is 6.09 Å². The van der Waals surface area contributed by atoms with E-state index in [1.807, 2.05) is 41.5 Å². The van der Waals surface area contributed by atoms with Crippen LogP contribution in [0.4, 0.5) is 10.6 Å². The standard InChI is InChI=1S/C19H32N6O4/c1-7-13(9-26)28-17(12(3)24(8-2)18(27)29-19(4,5)6)25-11-23-14-15(20)21-10-22-16(14)25/h10-13,17,26H,7-9H2,1-6H3,(H2,20,21,22)/t12?,13?,17-/m1/s1. The first kappa shape index (κ1) is 22.8. The van der Waals surface area contributed by atoms with Gasteiger partial charge < -0.3 is 25.2 Å². The van der Waals surface area contributed by atoms with Crippen LogP contribution in [0.15, 0.2) is 12.7 Å². The number of carbonyl (C=O) groups is 1. The highest BCUT2D eigenvalue weighted by Crippen LogP contribution is 2.27. The fourth-order valence-electron chi connectivity index (χ4n) is 2.99. The van der Waals surface area contributed by atoms with Crippen LogP contribution in [0, 0.1) is 0 Å². The molecule has 0 saturated carbocycles. The van der Waals surface area contributed by atoms with Crippen LogP contribution < -0.4 is 5.73 Å². The molecule has 0 aliphatic heterocycles. The number of likely N-dealkylation sites (N-methyl/N-ethyl adjacent to an activating group) is 1. The van der Waals surface area contributed by atoms with Crippen LogP contribution in [-0.2, 0) is 9.47 Å². The Kier molecular flexibility index (Phi) is 7.37. The molecule has 2 rings (SSSR count). The third-order valence-corrected chi connectivity index (χ3v) is 4.53. The van der Waals surface area contributed by atoms with E-state index in [0.29, 0.717) is 24.1 Å². The molecule has 0 aromatic carbocycles. The molecule has 3 atom stereocenters. The van der Waals surface area contributed by atoms with Crippen LogP contribution >= 0.6 is 0 Å². The van der Waals surface area contributed by atoms with Gasteiger partial charge in [0.25, 0.3) is 0 Å². The maximum Gasteiger partial charge on any atom is 0.410 e. The van der Waals surface area contributed by atoms with Gasteiger partial charge in [-0.1, -0.05) is 6.92 Å². The summed E-state index contributed by atoms with van der Waals surface area (Å²) in [5.74, 6) is 0.258. The van der Waals surface area contributed by atoms with Crippen molar-refractivity contribution in [3.05, 3.63) is 12.7 Å². The average molecular weight is 409 g/mol. The number of hydrogen-bond acceptors (Lipinski definition) is 8. The van der Waals surface area contributed by atoms with Crippen LogP contribution in [0.1, 0.15) is 54.2 Å². The van der Waals surface area contributed by atoms with E-state index in [2.05, 4.69) is 15.0 Å². The van der Waals surface area contributed by atoms with Crippen LogP contribution in [0.5, 0.6) is 0 Å². The van der Waals surface area contributed by atoms with Crippen LogP contribution in [0.3, 0.4) is 0 Å². The zero-order valence-corrected chi connectivity index (χ0v) is 18.0. The molecule has 2 unspecified atom stereocenters. The van der Waals surface area contributed by atoms with E-state index in [0.717, 1.165) is 0 Å². The number of fused-ring (bicyclic) bond motifs is 1. The molecule has 0 bridgehead atoms. The first-order valence-electron chi connectivity index (χ1n) is 9.81. The third-order valence-electron chi connectivity index (χ3n) is 4.53. The highest BCUT2D eigenvalue weighted by atomic mass is 16.6. The number of anilines is 1. The van der Waals surface area contributed by atoms with Gasteiger partial charge in [0.1, 0.15) is 17.4 Å². The normalized spacial score (nSPS) is 15.1. The Hall–Kier alpha value is -2.46. The molecule has 10 heteroatoms. The molecule has 0 aliphatic rings. The lowest BCUT2D eigenvalue weighted by atomic mass is 10.2. The number of aromatic nitrogens is 4. The van der Waals surface area contributed by atoms with Gasteiger partial charge in [-0.05, 0) is 41.0 Å². The number of hydrogen-bond donors (Lipinski definition) is 2. The summed E-state index contributed by atoms with van der Waals surface area (Å²) in [7, 11) is 0. The number of carbonyl (C=O) groups excluding carboxylic acids is 1. The highest BCUT2D eigenvalue weighted by Gasteiger charge is 2.33. The Balaban J connectivity index is 2.45. The van der Waals surface area contributed by atoms with E-state index in [1.165, 1.54) is 6.33 Å². The fraction of sp³-hybridized carbons (Fsp3) is 0.684. The smallest absolute Gasteiger partial charge is 0.410 e. The summed E-state index contributed by atoms with van der Waals surface area (Å²) in [5.41, 5.74) is 6.22. The zero-order chi connectivity index (χ0) is 21.8. The monoisotopic (exact) mass is 408 g/mol. The van der Waals surface area contributed by atoms with E-state index in [9.17, 15) is 9.90 Å². The summed E-state index contributed by atoms with van der Waals surface area (Å²) in [6.07, 6.45) is 1.98. The summed E-state index contributed by atoms with van der Waals surface area (Å²) in [5, 5.41) is 9.67. The van der Waals surface area contributed by atoms with Crippen LogP contribution in [0.25, 0.3) is 11.2 Å². The van der Waals surface area contributed by atoms with Crippen molar-refractivity contribution in [3.63, 3.8) is 0 Å². The molecule has 0 spiro atoms. The Morgan fingerprint density at radius 1 is 1.31 bits per heavy atom. The lowest BCUT2D eigenvalue weighted by molar-refractivity contribution is -0.108. The molecular formula is C19H32N6O4. The van der Waals surface area contributed by atoms with E-state index in [1.54, 1.807) is 15.8 Å². The summed E-state index contributed by atoms with van der Waals surface area (Å²) in [4.78, 5) is 26.9. The molecular weight excluding hydrogens is 376 g/mol. The van der Waals surface area contributed by atoms with E-state index in [4.69, 9.17) is 15.2 Å². The van der Waals surface area contributed by atoms with Crippen LogP contribution in [0.2, 0.25) is 0 Å². The second-order valence-electron chi connectivity index (χ2n) is 7.83. The molecule has 0 radical (unpaired) electrons. The molecule has 0 aliphatic carbocycles. The van der Waals surface area contributed by atoms with Crippen molar-refractivity contribution in [1.29, 1.82) is 0 Å². The number of nitrogen functional groups attached to an aromatic ring is 1. The number of nitrogens with two attached hydrogens (primary N) is 1. The Bertz CT molecular complexity index is 815. The van der Waals surface area contributed by atoms with Gasteiger partial charge in [0, 0.05) is 6.54 Å². The van der Waals surface area contributed by atoms with Crippen LogP contribution in [-0.4, -0.2) is 66.5 Å². The van der Waals surface area contributed by atoms with Crippen molar-refractivity contribution >= 4 is 23.1 Å². The first-order valence-corrected chi connectivity index (χ1v) is 9.81. The molecule has 3 N–H and O–H groups in total. The summed E-state index contributed by atoms with van der Waals surface area (Å²) in [6.45, 7) is 11.4. The molecule has 162 valence electrons. The van der Waals surface area contributed by atoms with Gasteiger partial charge in [0.15, 0.2) is 17.7 Å². The van der Waals surface area contributed by atoms with Crippen molar-refractivity contribution in [2.24, 2.45) is 0 Å². The molecule has 29 heavy (non-hydrogen) atoms. The minimum atomic E-state index is -0.668. The maximum atomic E-state index is 12.8. The van der Waals surface area contributed by atoms with Gasteiger partial charge in [-0.25, -0.2) is 19.7 Å². The lowest BCUT2D eigenvalue weighted by Gasteiger charge is -2.36. The number of amides is 1. The highest BCUT2D eigenvalue weighted by molar-refractivity contribution is 5.81. The number of rotatable bonds is 8. The topological polar surface area (TPSA) is 129 Å². The minimum Gasteiger partial charge on any atom is -0.444 e. The molecule has 2 heterocycles. The number of imidazole rings is 1. The minimum absolute atomic E-state index is 0.151. The average Bonchev–Trinajstić information content (AvgIpc) is 3.07. The van der Waals surface area contributed by atoms with Gasteiger partial charge in [-0.2, -0.15) is 0 Å². The molecule has 1 amide bonds. The number of ether oxygens (including phenoxy) is 2. The van der Waals surface area contributed by atoms with Gasteiger partial charge in [0.2, 0.25) is 0 Å². The third kappa shape index (κ3) is 5.33. The summed E-state index contributed by atoms with van der Waals surface area (Å²) >= 11 is 0. The number of aliphatic hydroxyl groups excluding tert-OH is 1. The predicted molar refractivity (Wildman–Crippen MR) is 109 cm³/mol. The Morgan fingerprint density at radius 3 is 2.55 bits per heavy atom. The van der Waals surface area contributed by atoms with Gasteiger partial charge in [0.05, 0.1) is 25.1 Å². The van der Waals surface area contributed by atoms with Gasteiger partial charge in [-0.3, -0.25) is 4.57 Å². The summed E-state index contributed by atoms with van der Waals surface area (Å²) in [6, 6.07) is -0.441. The lowest BCUT2D eigenvalue weighted by Crippen LogP contribution is -2.47. The molecule has 2 aromatic rings. The molecule has 2 aromatic heterocycles. The van der Waals surface area contributed by atoms with Crippen molar-refractivity contribution in [2.45, 2.75) is 71.9 Å². The summed E-state index contributed by atoms with van der Waals surface area (Å²) < 4.78 is 13.5. The SMILES string of the molecule is CCC(CO)O[C@H](C(C)N(CC)C(=O)OC(C)(C)C)n1cnc2c(N)ncnc21. The second kappa shape index (κ2) is 9.36. The fourth-order valence-corrected chi connectivity index (χ4v) is 2.99. The van der Waals surface area contributed by atoms with Crippen molar-refractivity contribution in [2.75, 3.05) is 18.9 Å². The quantitative estimate of drug-likeness (QED) is 0.681. The number of nitrogens with zero attached hydrogens (tertiary/aromatic N) is 5. The molecule has 0 fully saturated rings. The maximum absolute atomic E-state index is 12.8. The Labute approximate surface area is 171 Å². The zero-order valence-electron chi connectivity index (χ0n) is 18.0. The molecule has 10 nitrogen and oxygen atoms in total. The van der Waals surface area contributed by atoms with Crippen molar-refractivity contribution < 1.29 is 19.4 Å². The first-order chi connectivity index (χ1) is 13.6. The molecule has 0 saturated heterocycles. The largest absolute Gasteiger partial charge is 0.444 e. The van der Waals surface area contributed by atoms with E-state index >= 15 is 0 Å². The van der Waals surface area contributed by atoms with Crippen molar-refractivity contribution in [1.82, 2.24) is 24.4 Å².